The van der Waals surface area contributed by atoms with Crippen LogP contribution in [-0.4, -0.2) is 16.1 Å². The van der Waals surface area contributed by atoms with Gasteiger partial charge < -0.3 is 10.5 Å². The Labute approximate surface area is 135 Å². The zero-order chi connectivity index (χ0) is 14.7. The molecule has 0 fully saturated rings. The normalized spacial score (nSPS) is 12.5. The summed E-state index contributed by atoms with van der Waals surface area (Å²) in [4.78, 5) is 8.53. The molecule has 0 aliphatic rings. The number of nitrogens with zero attached hydrogens (tertiary/aromatic N) is 2. The van der Waals surface area contributed by atoms with Gasteiger partial charge in [0.25, 0.3) is 0 Å². The molecule has 0 aliphatic carbocycles. The highest BCUT2D eigenvalue weighted by atomic mass is 79.9. The van der Waals surface area contributed by atoms with E-state index in [2.05, 4.69) is 41.8 Å². The number of hydrogen-bond donors (Lipinski definition) is 1. The smallest absolute Gasteiger partial charge is 0.138 e. The van der Waals surface area contributed by atoms with Crippen molar-refractivity contribution in [2.24, 2.45) is 5.73 Å². The minimum atomic E-state index is -0.360. The second-order valence-corrected chi connectivity index (χ2v) is 6.39. The molecule has 1 unspecified atom stereocenters. The maximum absolute atomic E-state index is 6.26. The van der Waals surface area contributed by atoms with Gasteiger partial charge in [0.2, 0.25) is 0 Å². The first-order valence-electron chi connectivity index (χ1n) is 6.15. The van der Waals surface area contributed by atoms with Crippen molar-refractivity contribution in [1.82, 2.24) is 9.97 Å². The molecule has 2 heterocycles. The first kappa shape index (κ1) is 15.4. The summed E-state index contributed by atoms with van der Waals surface area (Å²) in [6.07, 6.45) is 5.23. The van der Waals surface area contributed by atoms with E-state index in [-0.39, 0.29) is 12.1 Å². The summed E-state index contributed by atoms with van der Waals surface area (Å²) >= 11 is 6.85. The molecule has 1 atom stereocenters. The van der Waals surface area contributed by atoms with Crippen LogP contribution >= 0.6 is 31.9 Å². The third kappa shape index (κ3) is 3.77. The summed E-state index contributed by atoms with van der Waals surface area (Å²) in [7, 11) is 0. The zero-order valence-electron chi connectivity index (χ0n) is 11.2. The van der Waals surface area contributed by atoms with E-state index in [0.29, 0.717) is 5.75 Å². The third-order valence-corrected chi connectivity index (χ3v) is 3.66. The fourth-order valence-electron chi connectivity index (χ4n) is 1.75. The van der Waals surface area contributed by atoms with Gasteiger partial charge >= 0.3 is 0 Å². The molecule has 0 aliphatic heterocycles. The fourth-order valence-corrected chi connectivity index (χ4v) is 2.99. The summed E-state index contributed by atoms with van der Waals surface area (Å²) in [5, 5.41) is 0. The highest BCUT2D eigenvalue weighted by Gasteiger charge is 2.15. The van der Waals surface area contributed by atoms with Crippen LogP contribution in [0.1, 0.15) is 31.1 Å². The quantitative estimate of drug-likeness (QED) is 0.846. The van der Waals surface area contributed by atoms with Gasteiger partial charge in [-0.1, -0.05) is 0 Å². The Morgan fingerprint density at radius 1 is 1.15 bits per heavy atom. The maximum Gasteiger partial charge on any atom is 0.138 e. The van der Waals surface area contributed by atoms with Crippen LogP contribution < -0.4 is 10.5 Å². The summed E-state index contributed by atoms with van der Waals surface area (Å²) in [6, 6.07) is 3.46. The van der Waals surface area contributed by atoms with Gasteiger partial charge in [0.15, 0.2) is 0 Å². The molecule has 0 saturated carbocycles. The number of pyridine rings is 2. The summed E-state index contributed by atoms with van der Waals surface area (Å²) in [6.45, 7) is 3.94. The van der Waals surface area contributed by atoms with Gasteiger partial charge in [-0.25, -0.2) is 0 Å². The van der Waals surface area contributed by atoms with Gasteiger partial charge in [-0.3, -0.25) is 9.97 Å². The van der Waals surface area contributed by atoms with E-state index in [1.165, 1.54) is 0 Å². The minimum Gasteiger partial charge on any atom is -0.489 e. The van der Waals surface area contributed by atoms with E-state index < -0.39 is 0 Å². The van der Waals surface area contributed by atoms with Crippen LogP contribution in [0.2, 0.25) is 0 Å². The molecule has 106 valence electrons. The van der Waals surface area contributed by atoms with Gasteiger partial charge in [-0.05, 0) is 63.4 Å². The topological polar surface area (TPSA) is 61.0 Å². The van der Waals surface area contributed by atoms with E-state index in [1.54, 1.807) is 18.6 Å². The second-order valence-electron chi connectivity index (χ2n) is 4.62. The first-order chi connectivity index (χ1) is 9.47. The average Bonchev–Trinajstić information content (AvgIpc) is 2.37. The number of ether oxygens (including phenoxy) is 1. The molecule has 0 bridgehead atoms. The fraction of sp³-hybridized carbons (Fsp3) is 0.286. The maximum atomic E-state index is 6.26. The van der Waals surface area contributed by atoms with Crippen LogP contribution in [0, 0.1) is 0 Å². The van der Waals surface area contributed by atoms with Crippen LogP contribution in [-0.2, 0) is 0 Å². The van der Waals surface area contributed by atoms with E-state index in [9.17, 15) is 0 Å². The zero-order valence-corrected chi connectivity index (χ0v) is 14.3. The standard InChI is InChI=1S/C14H15Br2N3O/c1-8(2)20-11-3-9(5-18-7-11)13(17)14-12(16)4-10(15)6-19-14/h3-8,13H,17H2,1-2H3. The lowest BCUT2D eigenvalue weighted by molar-refractivity contribution is 0.241. The number of hydrogen-bond acceptors (Lipinski definition) is 4. The molecule has 0 aromatic carbocycles. The van der Waals surface area contributed by atoms with Gasteiger partial charge in [0, 0.05) is 21.3 Å². The molecule has 2 aromatic heterocycles. The lowest BCUT2D eigenvalue weighted by Gasteiger charge is -2.15. The van der Waals surface area contributed by atoms with Gasteiger partial charge in [0.05, 0.1) is 24.0 Å². The van der Waals surface area contributed by atoms with Crippen molar-refractivity contribution in [3.05, 3.63) is 50.9 Å². The number of nitrogens with two attached hydrogens (primary N) is 1. The monoisotopic (exact) mass is 399 g/mol. The molecule has 2 aromatic rings. The van der Waals surface area contributed by atoms with Crippen molar-refractivity contribution in [3.8, 4) is 5.75 Å². The Balaban J connectivity index is 2.30. The number of rotatable bonds is 4. The van der Waals surface area contributed by atoms with Crippen LogP contribution in [0.15, 0.2) is 39.7 Å². The molecule has 0 saturated heterocycles. The van der Waals surface area contributed by atoms with E-state index in [4.69, 9.17) is 10.5 Å². The van der Waals surface area contributed by atoms with Crippen molar-refractivity contribution >= 4 is 31.9 Å². The lowest BCUT2D eigenvalue weighted by atomic mass is 10.1. The van der Waals surface area contributed by atoms with Crippen molar-refractivity contribution in [3.63, 3.8) is 0 Å². The second kappa shape index (κ2) is 6.65. The van der Waals surface area contributed by atoms with Crippen LogP contribution in [0.25, 0.3) is 0 Å². The Morgan fingerprint density at radius 2 is 1.90 bits per heavy atom. The molecule has 2 N–H and O–H groups in total. The van der Waals surface area contributed by atoms with E-state index in [0.717, 1.165) is 20.2 Å². The van der Waals surface area contributed by atoms with Gasteiger partial charge in [0.1, 0.15) is 5.75 Å². The van der Waals surface area contributed by atoms with Gasteiger partial charge in [-0.2, -0.15) is 0 Å². The summed E-state index contributed by atoms with van der Waals surface area (Å²) < 4.78 is 7.39. The number of halogens is 2. The lowest BCUT2D eigenvalue weighted by Crippen LogP contribution is -2.15. The Bertz CT molecular complexity index is 605. The molecular weight excluding hydrogens is 386 g/mol. The minimum absolute atomic E-state index is 0.0980. The third-order valence-electron chi connectivity index (χ3n) is 2.60. The molecule has 4 nitrogen and oxygen atoms in total. The summed E-state index contributed by atoms with van der Waals surface area (Å²) in [5.74, 6) is 0.709. The molecule has 2 rings (SSSR count). The molecule has 20 heavy (non-hydrogen) atoms. The predicted molar refractivity (Wildman–Crippen MR) is 85.7 cm³/mol. The van der Waals surface area contributed by atoms with Crippen molar-refractivity contribution in [2.75, 3.05) is 0 Å². The SMILES string of the molecule is CC(C)Oc1cncc(C(N)c2ncc(Br)cc2Br)c1. The van der Waals surface area contributed by atoms with E-state index in [1.807, 2.05) is 26.0 Å². The molecular formula is C14H15Br2N3O. The van der Waals surface area contributed by atoms with Crippen LogP contribution in [0.3, 0.4) is 0 Å². The Hall–Kier alpha value is -0.980. The van der Waals surface area contributed by atoms with Crippen molar-refractivity contribution in [1.29, 1.82) is 0 Å². The van der Waals surface area contributed by atoms with Gasteiger partial charge in [-0.15, -0.1) is 0 Å². The van der Waals surface area contributed by atoms with Crippen LogP contribution in [0.5, 0.6) is 5.75 Å². The average molecular weight is 401 g/mol. The first-order valence-corrected chi connectivity index (χ1v) is 7.74. The Kier molecular flexibility index (Phi) is 5.12. The number of aromatic nitrogens is 2. The Morgan fingerprint density at radius 3 is 2.55 bits per heavy atom. The predicted octanol–water partition coefficient (Wildman–Crippen LogP) is 3.84. The van der Waals surface area contributed by atoms with Crippen molar-refractivity contribution in [2.45, 2.75) is 26.0 Å². The highest BCUT2D eigenvalue weighted by molar-refractivity contribution is 9.11. The molecule has 0 radical (unpaired) electrons. The van der Waals surface area contributed by atoms with E-state index >= 15 is 0 Å². The molecule has 0 spiro atoms. The largest absolute Gasteiger partial charge is 0.489 e. The molecule has 0 amide bonds. The summed E-state index contributed by atoms with van der Waals surface area (Å²) in [5.41, 5.74) is 7.88. The van der Waals surface area contributed by atoms with Crippen molar-refractivity contribution < 1.29 is 4.74 Å². The highest BCUT2D eigenvalue weighted by Crippen LogP contribution is 2.28. The van der Waals surface area contributed by atoms with Crippen LogP contribution in [0.4, 0.5) is 0 Å². The molecule has 6 heteroatoms.